The van der Waals surface area contributed by atoms with Crippen molar-refractivity contribution < 1.29 is 28.2 Å². The Morgan fingerprint density at radius 3 is 2.81 bits per heavy atom. The van der Waals surface area contributed by atoms with E-state index < -0.39 is 11.8 Å². The van der Waals surface area contributed by atoms with Gasteiger partial charge in [0.25, 0.3) is 0 Å². The predicted octanol–water partition coefficient (Wildman–Crippen LogP) is 2.84. The number of rotatable bonds is 6. The summed E-state index contributed by atoms with van der Waals surface area (Å²) < 4.78 is 28.9. The van der Waals surface area contributed by atoms with Crippen molar-refractivity contribution in [2.45, 2.75) is 19.4 Å². The molecule has 1 amide bonds. The molecule has 6 nitrogen and oxygen atoms in total. The van der Waals surface area contributed by atoms with Gasteiger partial charge in [-0.1, -0.05) is 6.07 Å². The topological polar surface area (TPSA) is 73.9 Å². The minimum absolute atomic E-state index is 0.00952. The predicted molar refractivity (Wildman–Crippen MR) is 91.6 cm³/mol. The Kier molecular flexibility index (Phi) is 5.36. The van der Waals surface area contributed by atoms with E-state index in [1.165, 1.54) is 19.2 Å². The molecule has 1 heterocycles. The molecule has 0 radical (unpaired) electrons. The molecule has 0 atom stereocenters. The first-order chi connectivity index (χ1) is 12.5. The zero-order valence-electron chi connectivity index (χ0n) is 14.2. The third-order valence-electron chi connectivity index (χ3n) is 3.94. The Bertz CT molecular complexity index is 837. The third-order valence-corrected chi connectivity index (χ3v) is 3.94. The molecule has 136 valence electrons. The SMILES string of the molecule is COc1ccc(COC(=O)COc2ccc3c(c2)CCC(=O)N3)cc1F. The van der Waals surface area contributed by atoms with Gasteiger partial charge in [-0.05, 0) is 47.9 Å². The minimum Gasteiger partial charge on any atom is -0.494 e. The van der Waals surface area contributed by atoms with Gasteiger partial charge in [-0.2, -0.15) is 0 Å². The second-order valence-electron chi connectivity index (χ2n) is 5.79. The van der Waals surface area contributed by atoms with E-state index in [4.69, 9.17) is 14.2 Å². The molecule has 1 aliphatic heterocycles. The molecule has 0 bridgehead atoms. The zero-order chi connectivity index (χ0) is 18.5. The summed E-state index contributed by atoms with van der Waals surface area (Å²) >= 11 is 0. The van der Waals surface area contributed by atoms with Gasteiger partial charge in [-0.3, -0.25) is 4.79 Å². The van der Waals surface area contributed by atoms with E-state index in [0.29, 0.717) is 24.2 Å². The second kappa shape index (κ2) is 7.86. The second-order valence-corrected chi connectivity index (χ2v) is 5.79. The molecule has 2 aromatic carbocycles. The van der Waals surface area contributed by atoms with Gasteiger partial charge < -0.3 is 19.5 Å². The van der Waals surface area contributed by atoms with Gasteiger partial charge in [-0.15, -0.1) is 0 Å². The van der Waals surface area contributed by atoms with Gasteiger partial charge in [0.1, 0.15) is 12.4 Å². The molecule has 0 saturated heterocycles. The molecule has 0 unspecified atom stereocenters. The van der Waals surface area contributed by atoms with Crippen molar-refractivity contribution in [3.05, 3.63) is 53.3 Å². The number of aryl methyl sites for hydroxylation is 1. The van der Waals surface area contributed by atoms with Gasteiger partial charge in [0.15, 0.2) is 18.2 Å². The number of ether oxygens (including phenoxy) is 3. The minimum atomic E-state index is -0.563. The molecule has 0 aliphatic carbocycles. The lowest BCUT2D eigenvalue weighted by Gasteiger charge is -2.17. The number of halogens is 1. The van der Waals surface area contributed by atoms with Crippen LogP contribution in [0.2, 0.25) is 0 Å². The monoisotopic (exact) mass is 359 g/mol. The molecule has 0 saturated carbocycles. The summed E-state index contributed by atoms with van der Waals surface area (Å²) in [6, 6.07) is 9.56. The highest BCUT2D eigenvalue weighted by molar-refractivity contribution is 5.94. The molecule has 0 aromatic heterocycles. The number of nitrogens with one attached hydrogen (secondary N) is 1. The van der Waals surface area contributed by atoms with Gasteiger partial charge in [0, 0.05) is 12.1 Å². The molecular weight excluding hydrogens is 341 g/mol. The smallest absolute Gasteiger partial charge is 0.344 e. The Hall–Kier alpha value is -3.09. The summed E-state index contributed by atoms with van der Waals surface area (Å²) in [5, 5.41) is 2.78. The first kappa shape index (κ1) is 17.7. The quantitative estimate of drug-likeness (QED) is 0.803. The van der Waals surface area contributed by atoms with Crippen LogP contribution in [-0.4, -0.2) is 25.6 Å². The molecule has 1 aliphatic rings. The number of hydrogen-bond acceptors (Lipinski definition) is 5. The lowest BCUT2D eigenvalue weighted by molar-refractivity contribution is -0.147. The van der Waals surface area contributed by atoms with Crippen LogP contribution in [0.25, 0.3) is 0 Å². The number of hydrogen-bond donors (Lipinski definition) is 1. The van der Waals surface area contributed by atoms with Crippen molar-refractivity contribution in [3.63, 3.8) is 0 Å². The van der Waals surface area contributed by atoms with E-state index in [1.54, 1.807) is 24.3 Å². The lowest BCUT2D eigenvalue weighted by atomic mass is 10.0. The van der Waals surface area contributed by atoms with Crippen molar-refractivity contribution in [3.8, 4) is 11.5 Å². The van der Waals surface area contributed by atoms with Crippen molar-refractivity contribution in [2.75, 3.05) is 19.0 Å². The maximum Gasteiger partial charge on any atom is 0.344 e. The largest absolute Gasteiger partial charge is 0.494 e. The highest BCUT2D eigenvalue weighted by Crippen LogP contribution is 2.26. The van der Waals surface area contributed by atoms with Crippen LogP contribution in [0.15, 0.2) is 36.4 Å². The molecule has 1 N–H and O–H groups in total. The van der Waals surface area contributed by atoms with Crippen molar-refractivity contribution in [1.82, 2.24) is 0 Å². The summed E-state index contributed by atoms with van der Waals surface area (Å²) in [7, 11) is 1.38. The fraction of sp³-hybridized carbons (Fsp3) is 0.263. The number of carbonyl (C=O) groups is 2. The molecule has 26 heavy (non-hydrogen) atoms. The Morgan fingerprint density at radius 2 is 2.04 bits per heavy atom. The normalized spacial score (nSPS) is 12.8. The van der Waals surface area contributed by atoms with Crippen LogP contribution in [0, 0.1) is 5.82 Å². The molecule has 7 heteroatoms. The van der Waals surface area contributed by atoms with Crippen molar-refractivity contribution >= 4 is 17.6 Å². The molecule has 0 spiro atoms. The number of amides is 1. The Labute approximate surface area is 149 Å². The summed E-state index contributed by atoms with van der Waals surface area (Å²) in [6.45, 7) is -0.316. The van der Waals surface area contributed by atoms with Crippen LogP contribution in [0.1, 0.15) is 17.5 Å². The fourth-order valence-corrected chi connectivity index (χ4v) is 2.60. The van der Waals surface area contributed by atoms with Crippen molar-refractivity contribution in [1.29, 1.82) is 0 Å². The highest BCUT2D eigenvalue weighted by Gasteiger charge is 2.15. The van der Waals surface area contributed by atoms with E-state index >= 15 is 0 Å². The molecule has 3 rings (SSSR count). The number of fused-ring (bicyclic) bond motifs is 1. The van der Waals surface area contributed by atoms with Crippen molar-refractivity contribution in [2.24, 2.45) is 0 Å². The van der Waals surface area contributed by atoms with E-state index in [9.17, 15) is 14.0 Å². The van der Waals surface area contributed by atoms with E-state index in [0.717, 1.165) is 11.3 Å². The molecule has 0 fully saturated rings. The maximum absolute atomic E-state index is 13.6. The van der Waals surface area contributed by atoms with E-state index in [2.05, 4.69) is 5.32 Å². The summed E-state index contributed by atoms with van der Waals surface area (Å²) in [5.41, 5.74) is 2.24. The van der Waals surface area contributed by atoms with E-state index in [-0.39, 0.29) is 24.9 Å². The first-order valence-electron chi connectivity index (χ1n) is 8.09. The van der Waals surface area contributed by atoms with Gasteiger partial charge in [0.2, 0.25) is 5.91 Å². The fourth-order valence-electron chi connectivity index (χ4n) is 2.60. The van der Waals surface area contributed by atoms with Crippen LogP contribution >= 0.6 is 0 Å². The van der Waals surface area contributed by atoms with E-state index in [1.807, 2.05) is 0 Å². The average molecular weight is 359 g/mol. The van der Waals surface area contributed by atoms with Crippen LogP contribution in [0.5, 0.6) is 11.5 Å². The average Bonchev–Trinajstić information content (AvgIpc) is 2.64. The zero-order valence-corrected chi connectivity index (χ0v) is 14.2. The van der Waals surface area contributed by atoms with Crippen LogP contribution in [0.4, 0.5) is 10.1 Å². The standard InChI is InChI=1S/C19H18FNO5/c1-24-17-6-2-12(8-15(17)20)10-26-19(23)11-25-14-4-5-16-13(9-14)3-7-18(22)21-16/h2,4-6,8-9H,3,7,10-11H2,1H3,(H,21,22). The third kappa shape index (κ3) is 4.30. The highest BCUT2D eigenvalue weighted by atomic mass is 19.1. The summed E-state index contributed by atoms with van der Waals surface area (Å²) in [5.74, 6) is -0.435. The van der Waals surface area contributed by atoms with Crippen LogP contribution in [0.3, 0.4) is 0 Å². The van der Waals surface area contributed by atoms with Gasteiger partial charge in [-0.25, -0.2) is 9.18 Å². The maximum atomic E-state index is 13.6. The Morgan fingerprint density at radius 1 is 1.19 bits per heavy atom. The number of benzene rings is 2. The molecular formula is C19H18FNO5. The first-order valence-corrected chi connectivity index (χ1v) is 8.09. The summed E-state index contributed by atoms with van der Waals surface area (Å²) in [6.07, 6.45) is 1.06. The number of carbonyl (C=O) groups excluding carboxylic acids is 2. The number of esters is 1. The van der Waals surface area contributed by atoms with Gasteiger partial charge in [0.05, 0.1) is 7.11 Å². The van der Waals surface area contributed by atoms with Crippen LogP contribution < -0.4 is 14.8 Å². The lowest BCUT2D eigenvalue weighted by Crippen LogP contribution is -2.19. The van der Waals surface area contributed by atoms with Crippen LogP contribution in [-0.2, 0) is 27.4 Å². The number of methoxy groups -OCH3 is 1. The van der Waals surface area contributed by atoms with Gasteiger partial charge >= 0.3 is 5.97 Å². The Balaban J connectivity index is 1.50. The molecule has 2 aromatic rings. The summed E-state index contributed by atoms with van der Waals surface area (Å²) in [4.78, 5) is 23.1. The number of anilines is 1.